The van der Waals surface area contributed by atoms with Crippen molar-refractivity contribution in [1.82, 2.24) is 0 Å². The van der Waals surface area contributed by atoms with E-state index in [1.54, 1.807) is 31.2 Å². The van der Waals surface area contributed by atoms with Crippen LogP contribution in [0.5, 0.6) is 5.75 Å². The summed E-state index contributed by atoms with van der Waals surface area (Å²) in [5.74, 6) is 0.0971. The lowest BCUT2D eigenvalue weighted by atomic mass is 10.2. The molecular formula is C13H12ClNO3S. The number of rotatable bonds is 3. The zero-order chi connectivity index (χ0) is 14.0. The van der Waals surface area contributed by atoms with E-state index in [-0.39, 0.29) is 21.4 Å². The van der Waals surface area contributed by atoms with Gasteiger partial charge in [-0.3, -0.25) is 0 Å². The first kappa shape index (κ1) is 13.7. The molecule has 2 aromatic rings. The molecular weight excluding hydrogens is 286 g/mol. The highest BCUT2D eigenvalue weighted by Crippen LogP contribution is 2.29. The van der Waals surface area contributed by atoms with Gasteiger partial charge in [0.15, 0.2) is 5.75 Å². The van der Waals surface area contributed by atoms with Crippen molar-refractivity contribution in [2.45, 2.75) is 11.8 Å². The number of aryl methyl sites for hydroxylation is 1. The second-order valence-corrected chi connectivity index (χ2v) is 5.88. The van der Waals surface area contributed by atoms with Crippen molar-refractivity contribution in [3.05, 3.63) is 53.1 Å². The molecule has 0 saturated carbocycles. The van der Waals surface area contributed by atoms with Gasteiger partial charge in [-0.15, -0.1) is 0 Å². The van der Waals surface area contributed by atoms with Crippen molar-refractivity contribution in [2.24, 2.45) is 0 Å². The fraction of sp³-hybridized carbons (Fsp3) is 0.0769. The molecule has 0 amide bonds. The summed E-state index contributed by atoms with van der Waals surface area (Å²) in [6.07, 6.45) is 0. The highest BCUT2D eigenvalue weighted by atomic mass is 35.5. The summed E-state index contributed by atoms with van der Waals surface area (Å²) in [5, 5.41) is 0.105. The normalized spacial score (nSPS) is 11.3. The number of hydrogen-bond acceptors (Lipinski definition) is 4. The third kappa shape index (κ3) is 2.83. The van der Waals surface area contributed by atoms with Crippen molar-refractivity contribution in [2.75, 3.05) is 5.73 Å². The molecule has 19 heavy (non-hydrogen) atoms. The SMILES string of the molecule is Cc1cccc(OS(=O)(=O)c2ccccc2Cl)c1N. The average molecular weight is 298 g/mol. The number of nitrogen functional groups attached to an aromatic ring is 1. The number of anilines is 1. The summed E-state index contributed by atoms with van der Waals surface area (Å²) >= 11 is 5.86. The summed E-state index contributed by atoms with van der Waals surface area (Å²) in [7, 11) is -4.00. The Balaban J connectivity index is 2.43. The Kier molecular flexibility index (Phi) is 3.68. The molecule has 0 spiro atoms. The van der Waals surface area contributed by atoms with Gasteiger partial charge in [0.1, 0.15) is 4.90 Å². The van der Waals surface area contributed by atoms with E-state index in [1.807, 2.05) is 0 Å². The predicted octanol–water partition coefficient (Wildman–Crippen LogP) is 3.00. The Hall–Kier alpha value is -1.72. The van der Waals surface area contributed by atoms with Gasteiger partial charge in [0.25, 0.3) is 0 Å². The van der Waals surface area contributed by atoms with Gasteiger partial charge in [0.05, 0.1) is 10.7 Å². The van der Waals surface area contributed by atoms with Crippen LogP contribution in [0.4, 0.5) is 5.69 Å². The van der Waals surface area contributed by atoms with E-state index in [9.17, 15) is 8.42 Å². The average Bonchev–Trinajstić information content (AvgIpc) is 2.35. The van der Waals surface area contributed by atoms with E-state index >= 15 is 0 Å². The highest BCUT2D eigenvalue weighted by Gasteiger charge is 2.21. The molecule has 0 saturated heterocycles. The maximum Gasteiger partial charge on any atom is 0.340 e. The van der Waals surface area contributed by atoms with Gasteiger partial charge in [-0.1, -0.05) is 35.9 Å². The van der Waals surface area contributed by atoms with E-state index in [0.29, 0.717) is 0 Å². The summed E-state index contributed by atoms with van der Waals surface area (Å²) in [5.41, 5.74) is 6.82. The zero-order valence-corrected chi connectivity index (χ0v) is 11.7. The minimum absolute atomic E-state index is 0.0856. The summed E-state index contributed by atoms with van der Waals surface area (Å²) in [6.45, 7) is 1.77. The van der Waals surface area contributed by atoms with Crippen LogP contribution in [-0.4, -0.2) is 8.42 Å². The number of benzene rings is 2. The van der Waals surface area contributed by atoms with Crippen molar-refractivity contribution < 1.29 is 12.6 Å². The smallest absolute Gasteiger partial charge is 0.340 e. The topological polar surface area (TPSA) is 69.4 Å². The van der Waals surface area contributed by atoms with Gasteiger partial charge in [-0.05, 0) is 30.7 Å². The summed E-state index contributed by atoms with van der Waals surface area (Å²) in [4.78, 5) is -0.0856. The van der Waals surface area contributed by atoms with Crippen LogP contribution in [0.15, 0.2) is 47.4 Å². The van der Waals surface area contributed by atoms with Crippen LogP contribution in [0.1, 0.15) is 5.56 Å². The molecule has 2 N–H and O–H groups in total. The van der Waals surface area contributed by atoms with Crippen LogP contribution in [0.2, 0.25) is 5.02 Å². The van der Waals surface area contributed by atoms with E-state index in [0.717, 1.165) is 5.56 Å². The van der Waals surface area contributed by atoms with Crippen LogP contribution in [0, 0.1) is 6.92 Å². The summed E-state index contributed by atoms with van der Waals surface area (Å²) < 4.78 is 29.3. The van der Waals surface area contributed by atoms with E-state index in [2.05, 4.69) is 0 Å². The summed E-state index contributed by atoms with van der Waals surface area (Å²) in [6, 6.07) is 11.0. The van der Waals surface area contributed by atoms with Crippen molar-refractivity contribution in [1.29, 1.82) is 0 Å². The maximum absolute atomic E-state index is 12.1. The van der Waals surface area contributed by atoms with E-state index in [1.165, 1.54) is 18.2 Å². The quantitative estimate of drug-likeness (QED) is 0.698. The predicted molar refractivity (Wildman–Crippen MR) is 74.9 cm³/mol. The van der Waals surface area contributed by atoms with Gasteiger partial charge in [0.2, 0.25) is 0 Å². The van der Waals surface area contributed by atoms with Gasteiger partial charge in [-0.25, -0.2) is 0 Å². The van der Waals surface area contributed by atoms with Crippen LogP contribution < -0.4 is 9.92 Å². The standard InChI is InChI=1S/C13H12ClNO3S/c1-9-5-4-7-11(13(9)15)18-19(16,17)12-8-3-2-6-10(12)14/h2-8H,15H2,1H3. The monoisotopic (exact) mass is 297 g/mol. The Bertz CT molecular complexity index is 714. The molecule has 2 aromatic carbocycles. The van der Waals surface area contributed by atoms with Crippen LogP contribution in [-0.2, 0) is 10.1 Å². The Morgan fingerprint density at radius 3 is 2.47 bits per heavy atom. The lowest BCUT2D eigenvalue weighted by Crippen LogP contribution is -2.11. The molecule has 0 aliphatic heterocycles. The highest BCUT2D eigenvalue weighted by molar-refractivity contribution is 7.87. The van der Waals surface area contributed by atoms with Crippen molar-refractivity contribution in [3.8, 4) is 5.75 Å². The number of para-hydroxylation sites is 1. The molecule has 0 fully saturated rings. The minimum Gasteiger partial charge on any atom is -0.395 e. The molecule has 6 heteroatoms. The third-order valence-corrected chi connectivity index (χ3v) is 4.32. The molecule has 0 unspecified atom stereocenters. The molecule has 0 aromatic heterocycles. The first-order valence-corrected chi connectivity index (χ1v) is 7.24. The van der Waals surface area contributed by atoms with Gasteiger partial charge >= 0.3 is 10.1 Å². The Morgan fingerprint density at radius 1 is 1.11 bits per heavy atom. The van der Waals surface area contributed by atoms with Crippen molar-refractivity contribution >= 4 is 27.4 Å². The second kappa shape index (κ2) is 5.11. The lowest BCUT2D eigenvalue weighted by molar-refractivity contribution is 0.487. The molecule has 0 bridgehead atoms. The molecule has 2 rings (SSSR count). The number of halogens is 1. The Labute approximate surface area is 116 Å². The molecule has 4 nitrogen and oxygen atoms in total. The molecule has 0 aliphatic carbocycles. The van der Waals surface area contributed by atoms with Crippen LogP contribution >= 0.6 is 11.6 Å². The number of nitrogens with two attached hydrogens (primary N) is 1. The molecule has 100 valence electrons. The van der Waals surface area contributed by atoms with Gasteiger partial charge in [0, 0.05) is 0 Å². The maximum atomic E-state index is 12.1. The van der Waals surface area contributed by atoms with Gasteiger partial charge in [-0.2, -0.15) is 8.42 Å². The van der Waals surface area contributed by atoms with Crippen LogP contribution in [0.25, 0.3) is 0 Å². The zero-order valence-electron chi connectivity index (χ0n) is 10.1. The third-order valence-electron chi connectivity index (χ3n) is 2.59. The number of hydrogen-bond donors (Lipinski definition) is 1. The molecule has 0 heterocycles. The van der Waals surface area contributed by atoms with E-state index in [4.69, 9.17) is 21.5 Å². The largest absolute Gasteiger partial charge is 0.395 e. The molecule has 0 atom stereocenters. The van der Waals surface area contributed by atoms with Gasteiger partial charge < -0.3 is 9.92 Å². The first-order chi connectivity index (χ1) is 8.92. The molecule has 0 radical (unpaired) electrons. The second-order valence-electron chi connectivity index (χ2n) is 3.95. The fourth-order valence-electron chi connectivity index (χ4n) is 1.54. The van der Waals surface area contributed by atoms with E-state index < -0.39 is 10.1 Å². The van der Waals surface area contributed by atoms with Crippen molar-refractivity contribution in [3.63, 3.8) is 0 Å². The lowest BCUT2D eigenvalue weighted by Gasteiger charge is -2.11. The fourth-order valence-corrected chi connectivity index (χ4v) is 2.98. The first-order valence-electron chi connectivity index (χ1n) is 5.46. The molecule has 0 aliphatic rings. The Morgan fingerprint density at radius 2 is 1.79 bits per heavy atom. The minimum atomic E-state index is -4.00. The van der Waals surface area contributed by atoms with Crippen LogP contribution in [0.3, 0.4) is 0 Å².